The van der Waals surface area contributed by atoms with E-state index in [1.807, 2.05) is 12.1 Å². The molecule has 4 nitrogen and oxygen atoms in total. The lowest BCUT2D eigenvalue weighted by Gasteiger charge is -2.04. The van der Waals surface area contributed by atoms with Gasteiger partial charge in [0.05, 0.1) is 6.26 Å². The average molecular weight is 230 g/mol. The third-order valence-electron chi connectivity index (χ3n) is 2.35. The second kappa shape index (κ2) is 5.21. The Morgan fingerprint density at radius 3 is 2.88 bits per heavy atom. The van der Waals surface area contributed by atoms with Crippen LogP contribution in [0.1, 0.15) is 12.2 Å². The average Bonchev–Trinajstić information content (AvgIpc) is 2.79. The number of hydrogen-bond donors (Lipinski definition) is 2. The van der Waals surface area contributed by atoms with Crippen molar-refractivity contribution in [2.24, 2.45) is 0 Å². The normalized spacial score (nSPS) is 10.1. The Kier molecular flexibility index (Phi) is 3.45. The van der Waals surface area contributed by atoms with Gasteiger partial charge in [-0.25, -0.2) is 0 Å². The fourth-order valence-electron chi connectivity index (χ4n) is 1.53. The summed E-state index contributed by atoms with van der Waals surface area (Å²) in [6.45, 7) is 0. The lowest BCUT2D eigenvalue weighted by Crippen LogP contribution is -2.12. The van der Waals surface area contributed by atoms with Crippen molar-refractivity contribution < 1.29 is 9.21 Å². The molecule has 0 aliphatic heterocycles. The highest BCUT2D eigenvalue weighted by Crippen LogP contribution is 2.12. The Labute approximate surface area is 99.4 Å². The van der Waals surface area contributed by atoms with Crippen LogP contribution in [0.4, 0.5) is 11.4 Å². The maximum Gasteiger partial charge on any atom is 0.224 e. The summed E-state index contributed by atoms with van der Waals surface area (Å²) in [5.41, 5.74) is 6.97. The molecule has 0 aliphatic carbocycles. The maximum atomic E-state index is 11.6. The number of hydrogen-bond acceptors (Lipinski definition) is 3. The molecule has 0 saturated carbocycles. The molecule has 0 saturated heterocycles. The van der Waals surface area contributed by atoms with Gasteiger partial charge in [-0.2, -0.15) is 0 Å². The number of nitrogens with one attached hydrogen (secondary N) is 1. The molecule has 1 aromatic heterocycles. The van der Waals surface area contributed by atoms with E-state index in [0.717, 1.165) is 11.4 Å². The Morgan fingerprint density at radius 2 is 2.18 bits per heavy atom. The molecule has 1 aromatic carbocycles. The molecule has 17 heavy (non-hydrogen) atoms. The van der Waals surface area contributed by atoms with Crippen LogP contribution < -0.4 is 11.1 Å². The van der Waals surface area contributed by atoms with Crippen LogP contribution in [0.5, 0.6) is 0 Å². The van der Waals surface area contributed by atoms with E-state index in [4.69, 9.17) is 10.2 Å². The fraction of sp³-hybridized carbons (Fsp3) is 0.154. The number of nitrogen functional groups attached to an aromatic ring is 1. The second-order valence-corrected chi connectivity index (χ2v) is 3.75. The summed E-state index contributed by atoms with van der Waals surface area (Å²) in [5.74, 6) is 0.764. The van der Waals surface area contributed by atoms with E-state index in [2.05, 4.69) is 5.32 Å². The van der Waals surface area contributed by atoms with E-state index in [-0.39, 0.29) is 5.91 Å². The number of carbonyl (C=O) groups excluding carboxylic acids is 1. The SMILES string of the molecule is Nc1cccc(NC(=O)CCc2ccco2)c1. The highest BCUT2D eigenvalue weighted by molar-refractivity contribution is 5.91. The number of rotatable bonds is 4. The van der Waals surface area contributed by atoms with Gasteiger partial charge in [-0.1, -0.05) is 6.07 Å². The van der Waals surface area contributed by atoms with Crippen LogP contribution in [0.25, 0.3) is 0 Å². The largest absolute Gasteiger partial charge is 0.469 e. The summed E-state index contributed by atoms with van der Waals surface area (Å²) in [4.78, 5) is 11.6. The molecule has 0 aliphatic rings. The zero-order valence-corrected chi connectivity index (χ0v) is 9.35. The van der Waals surface area contributed by atoms with E-state index in [1.165, 1.54) is 0 Å². The molecule has 2 aromatic rings. The molecule has 0 radical (unpaired) electrons. The van der Waals surface area contributed by atoms with Crippen molar-refractivity contribution in [3.63, 3.8) is 0 Å². The number of benzene rings is 1. The lowest BCUT2D eigenvalue weighted by atomic mass is 10.2. The number of nitrogens with two attached hydrogens (primary N) is 1. The highest BCUT2D eigenvalue weighted by Gasteiger charge is 2.04. The van der Waals surface area contributed by atoms with Gasteiger partial charge in [0.15, 0.2) is 0 Å². The van der Waals surface area contributed by atoms with Crippen molar-refractivity contribution in [3.05, 3.63) is 48.4 Å². The van der Waals surface area contributed by atoms with E-state index in [0.29, 0.717) is 18.5 Å². The van der Waals surface area contributed by atoms with Crippen molar-refractivity contribution in [1.82, 2.24) is 0 Å². The van der Waals surface area contributed by atoms with Gasteiger partial charge in [-0.3, -0.25) is 4.79 Å². The summed E-state index contributed by atoms with van der Waals surface area (Å²) >= 11 is 0. The standard InChI is InChI=1S/C13H14N2O2/c14-10-3-1-4-11(9-10)15-13(16)7-6-12-5-2-8-17-12/h1-5,8-9H,6-7,14H2,(H,15,16). The van der Waals surface area contributed by atoms with Crippen molar-refractivity contribution in [2.45, 2.75) is 12.8 Å². The molecule has 1 amide bonds. The van der Waals surface area contributed by atoms with Crippen molar-refractivity contribution in [1.29, 1.82) is 0 Å². The molecule has 0 bridgehead atoms. The van der Waals surface area contributed by atoms with Crippen LogP contribution in [-0.4, -0.2) is 5.91 Å². The Balaban J connectivity index is 1.85. The maximum absolute atomic E-state index is 11.6. The van der Waals surface area contributed by atoms with Crippen LogP contribution >= 0.6 is 0 Å². The molecule has 0 atom stereocenters. The lowest BCUT2D eigenvalue weighted by molar-refractivity contribution is -0.116. The number of anilines is 2. The van der Waals surface area contributed by atoms with E-state index in [9.17, 15) is 4.79 Å². The zero-order chi connectivity index (χ0) is 12.1. The number of carbonyl (C=O) groups is 1. The second-order valence-electron chi connectivity index (χ2n) is 3.75. The van der Waals surface area contributed by atoms with Gasteiger partial charge in [0.25, 0.3) is 0 Å². The monoisotopic (exact) mass is 230 g/mol. The van der Waals surface area contributed by atoms with Gasteiger partial charge in [-0.15, -0.1) is 0 Å². The minimum absolute atomic E-state index is 0.0491. The Hall–Kier alpha value is -2.23. The first kappa shape index (κ1) is 11.3. The predicted molar refractivity (Wildman–Crippen MR) is 66.5 cm³/mol. The van der Waals surface area contributed by atoms with Gasteiger partial charge in [0, 0.05) is 24.2 Å². The van der Waals surface area contributed by atoms with E-state index in [1.54, 1.807) is 30.5 Å². The summed E-state index contributed by atoms with van der Waals surface area (Å²) in [5, 5.41) is 2.78. The van der Waals surface area contributed by atoms with Gasteiger partial charge in [-0.05, 0) is 30.3 Å². The van der Waals surface area contributed by atoms with Gasteiger partial charge >= 0.3 is 0 Å². The quantitative estimate of drug-likeness (QED) is 0.792. The van der Waals surface area contributed by atoms with Crippen molar-refractivity contribution >= 4 is 17.3 Å². The van der Waals surface area contributed by atoms with Crippen LogP contribution in [0, 0.1) is 0 Å². The first-order chi connectivity index (χ1) is 8.24. The molecule has 0 unspecified atom stereocenters. The topological polar surface area (TPSA) is 68.3 Å². The molecule has 4 heteroatoms. The molecule has 2 rings (SSSR count). The van der Waals surface area contributed by atoms with Crippen LogP contribution in [0.2, 0.25) is 0 Å². The first-order valence-corrected chi connectivity index (χ1v) is 5.42. The third-order valence-corrected chi connectivity index (χ3v) is 2.35. The smallest absolute Gasteiger partial charge is 0.224 e. The minimum atomic E-state index is -0.0491. The van der Waals surface area contributed by atoms with Crippen molar-refractivity contribution in [2.75, 3.05) is 11.1 Å². The first-order valence-electron chi connectivity index (χ1n) is 5.42. The van der Waals surface area contributed by atoms with E-state index >= 15 is 0 Å². The van der Waals surface area contributed by atoms with Crippen LogP contribution in [-0.2, 0) is 11.2 Å². The number of aryl methyl sites for hydroxylation is 1. The summed E-state index contributed by atoms with van der Waals surface area (Å²) in [7, 11) is 0. The Morgan fingerprint density at radius 1 is 1.29 bits per heavy atom. The molecule has 3 N–H and O–H groups in total. The van der Waals surface area contributed by atoms with E-state index < -0.39 is 0 Å². The van der Waals surface area contributed by atoms with Gasteiger partial charge in [0.2, 0.25) is 5.91 Å². The van der Waals surface area contributed by atoms with Gasteiger partial charge in [0.1, 0.15) is 5.76 Å². The predicted octanol–water partition coefficient (Wildman–Crippen LogP) is 2.43. The number of amides is 1. The fourth-order valence-corrected chi connectivity index (χ4v) is 1.53. The summed E-state index contributed by atoms with van der Waals surface area (Å²) in [6.07, 6.45) is 2.59. The molecule has 0 fully saturated rings. The van der Waals surface area contributed by atoms with Crippen molar-refractivity contribution in [3.8, 4) is 0 Å². The molecule has 88 valence electrons. The third kappa shape index (κ3) is 3.38. The molecule has 0 spiro atoms. The molecule has 1 heterocycles. The zero-order valence-electron chi connectivity index (χ0n) is 9.35. The summed E-state index contributed by atoms with van der Waals surface area (Å²) in [6, 6.07) is 10.8. The van der Waals surface area contributed by atoms with Crippen LogP contribution in [0.3, 0.4) is 0 Å². The summed E-state index contributed by atoms with van der Waals surface area (Å²) < 4.78 is 5.15. The van der Waals surface area contributed by atoms with Crippen LogP contribution in [0.15, 0.2) is 47.1 Å². The molecular formula is C13H14N2O2. The van der Waals surface area contributed by atoms with Gasteiger partial charge < -0.3 is 15.5 Å². The molecular weight excluding hydrogens is 216 g/mol. The minimum Gasteiger partial charge on any atom is -0.469 e. The Bertz CT molecular complexity index is 492. The number of furan rings is 1. The highest BCUT2D eigenvalue weighted by atomic mass is 16.3.